The first-order chi connectivity index (χ1) is 6.19. The zero-order valence-electron chi connectivity index (χ0n) is 8.24. The van der Waals surface area contributed by atoms with Crippen LogP contribution in [0.1, 0.15) is 15.9 Å². The normalized spacial score (nSPS) is 9.07. The summed E-state index contributed by atoms with van der Waals surface area (Å²) in [5, 5.41) is 0. The van der Waals surface area contributed by atoms with Crippen LogP contribution in [-0.2, 0) is 0 Å². The second-order valence-corrected chi connectivity index (χ2v) is 2.83. The van der Waals surface area contributed by atoms with Gasteiger partial charge in [0, 0.05) is 0 Å². The molecule has 0 unspecified atom stereocenters. The average Bonchev–Trinajstić information content (AvgIpc) is 2.16. The first-order valence-electron chi connectivity index (χ1n) is 4.07. The van der Waals surface area contributed by atoms with Gasteiger partial charge in [0.1, 0.15) is 5.75 Å². The average molecular weight is 216 g/mol. The number of rotatable bonds is 3. The Morgan fingerprint density at radius 2 is 2.14 bits per heavy atom. The van der Waals surface area contributed by atoms with Crippen LogP contribution in [0.5, 0.6) is 5.75 Å². The number of Topliss-reactive ketones (excluding diaryl/α,β-unsaturated/α-hetero) is 1. The van der Waals surface area contributed by atoms with Gasteiger partial charge in [-0.2, -0.15) is 0 Å². The molecule has 3 nitrogen and oxygen atoms in total. The molecule has 14 heavy (non-hydrogen) atoms. The van der Waals surface area contributed by atoms with Gasteiger partial charge in [0.15, 0.2) is 5.78 Å². The predicted octanol–water partition coefficient (Wildman–Crippen LogP) is 1.57. The number of aryl methyl sites for hydroxylation is 1. The van der Waals surface area contributed by atoms with Crippen LogP contribution >= 0.6 is 12.4 Å². The zero-order valence-corrected chi connectivity index (χ0v) is 9.06. The molecule has 78 valence electrons. The number of methoxy groups -OCH3 is 1. The summed E-state index contributed by atoms with van der Waals surface area (Å²) in [7, 11) is 1.54. The highest BCUT2D eigenvalue weighted by atomic mass is 35.5. The maximum Gasteiger partial charge on any atom is 0.180 e. The molecule has 0 aromatic heterocycles. The first kappa shape index (κ1) is 12.9. The Balaban J connectivity index is 0.00000169. The maximum atomic E-state index is 11.3. The van der Waals surface area contributed by atoms with Crippen molar-refractivity contribution < 1.29 is 9.53 Å². The Kier molecular flexibility index (Phi) is 5.20. The Labute approximate surface area is 89.7 Å². The molecule has 0 aliphatic carbocycles. The van der Waals surface area contributed by atoms with Crippen LogP contribution < -0.4 is 10.5 Å². The van der Waals surface area contributed by atoms with E-state index in [0.717, 1.165) is 5.56 Å². The number of ketones is 1. The predicted molar refractivity (Wildman–Crippen MR) is 58.4 cm³/mol. The van der Waals surface area contributed by atoms with Gasteiger partial charge in [0.25, 0.3) is 0 Å². The van der Waals surface area contributed by atoms with Gasteiger partial charge in [-0.05, 0) is 24.6 Å². The first-order valence-corrected chi connectivity index (χ1v) is 4.07. The number of ether oxygens (including phenoxy) is 1. The number of carbonyl (C=O) groups excluding carboxylic acids is 1. The van der Waals surface area contributed by atoms with Gasteiger partial charge in [0.05, 0.1) is 19.2 Å². The Morgan fingerprint density at radius 3 is 2.64 bits per heavy atom. The van der Waals surface area contributed by atoms with Crippen LogP contribution in [0.15, 0.2) is 18.2 Å². The molecule has 0 fully saturated rings. The molecule has 4 heteroatoms. The van der Waals surface area contributed by atoms with E-state index in [1.807, 2.05) is 19.1 Å². The summed E-state index contributed by atoms with van der Waals surface area (Å²) in [4.78, 5) is 11.3. The molecule has 0 radical (unpaired) electrons. The maximum absolute atomic E-state index is 11.3. The van der Waals surface area contributed by atoms with Crippen molar-refractivity contribution in [1.29, 1.82) is 0 Å². The highest BCUT2D eigenvalue weighted by Gasteiger charge is 2.09. The number of benzene rings is 1. The third kappa shape index (κ3) is 2.72. The number of halogens is 1. The van der Waals surface area contributed by atoms with Crippen molar-refractivity contribution in [1.82, 2.24) is 0 Å². The fraction of sp³-hybridized carbons (Fsp3) is 0.300. The van der Waals surface area contributed by atoms with Crippen molar-refractivity contribution >= 4 is 18.2 Å². The van der Waals surface area contributed by atoms with Crippen LogP contribution in [-0.4, -0.2) is 19.4 Å². The fourth-order valence-corrected chi connectivity index (χ4v) is 1.14. The van der Waals surface area contributed by atoms with Gasteiger partial charge in [-0.15, -0.1) is 12.4 Å². The molecule has 1 aromatic carbocycles. The molecular formula is C10H14ClNO2. The summed E-state index contributed by atoms with van der Waals surface area (Å²) in [6, 6.07) is 5.43. The highest BCUT2D eigenvalue weighted by molar-refractivity contribution is 6.00. The SMILES string of the molecule is COc1cc(C)ccc1C(=O)CN.Cl. The number of hydrogen-bond donors (Lipinski definition) is 1. The lowest BCUT2D eigenvalue weighted by atomic mass is 10.1. The molecule has 0 amide bonds. The molecule has 1 rings (SSSR count). The van der Waals surface area contributed by atoms with Gasteiger partial charge in [-0.1, -0.05) is 6.07 Å². The molecule has 1 aromatic rings. The van der Waals surface area contributed by atoms with E-state index in [9.17, 15) is 4.79 Å². The van der Waals surface area contributed by atoms with E-state index < -0.39 is 0 Å². The highest BCUT2D eigenvalue weighted by Crippen LogP contribution is 2.19. The van der Waals surface area contributed by atoms with Gasteiger partial charge in [0.2, 0.25) is 0 Å². The molecule has 0 aliphatic heterocycles. The lowest BCUT2D eigenvalue weighted by molar-refractivity contribution is 0.0998. The number of hydrogen-bond acceptors (Lipinski definition) is 3. The van der Waals surface area contributed by atoms with Crippen molar-refractivity contribution in [3.05, 3.63) is 29.3 Å². The zero-order chi connectivity index (χ0) is 9.84. The van der Waals surface area contributed by atoms with Crippen molar-refractivity contribution in [2.24, 2.45) is 5.73 Å². The van der Waals surface area contributed by atoms with Crippen LogP contribution in [0.25, 0.3) is 0 Å². The topological polar surface area (TPSA) is 52.3 Å². The second-order valence-electron chi connectivity index (χ2n) is 2.83. The summed E-state index contributed by atoms with van der Waals surface area (Å²) in [6.45, 7) is 1.96. The third-order valence-corrected chi connectivity index (χ3v) is 1.84. The molecule has 2 N–H and O–H groups in total. The Bertz CT molecular complexity index is 326. The van der Waals surface area contributed by atoms with E-state index in [1.54, 1.807) is 13.2 Å². The van der Waals surface area contributed by atoms with Gasteiger partial charge < -0.3 is 10.5 Å². The minimum Gasteiger partial charge on any atom is -0.496 e. The summed E-state index contributed by atoms with van der Waals surface area (Å²) >= 11 is 0. The van der Waals surface area contributed by atoms with Crippen molar-refractivity contribution in [2.75, 3.05) is 13.7 Å². The van der Waals surface area contributed by atoms with Crippen molar-refractivity contribution in [3.8, 4) is 5.75 Å². The smallest absolute Gasteiger partial charge is 0.180 e. The van der Waals surface area contributed by atoms with Crippen molar-refractivity contribution in [3.63, 3.8) is 0 Å². The minimum atomic E-state index is -0.100. The van der Waals surface area contributed by atoms with E-state index >= 15 is 0 Å². The van der Waals surface area contributed by atoms with Crippen LogP contribution in [0, 0.1) is 6.92 Å². The monoisotopic (exact) mass is 215 g/mol. The van der Waals surface area contributed by atoms with Gasteiger partial charge >= 0.3 is 0 Å². The largest absolute Gasteiger partial charge is 0.496 e. The van der Waals surface area contributed by atoms with Crippen LogP contribution in [0.4, 0.5) is 0 Å². The number of nitrogens with two attached hydrogens (primary N) is 1. The second kappa shape index (κ2) is 5.62. The molecule has 0 spiro atoms. The van der Waals surface area contributed by atoms with Gasteiger partial charge in [-0.3, -0.25) is 4.79 Å². The minimum absolute atomic E-state index is 0. The van der Waals surface area contributed by atoms with E-state index in [2.05, 4.69) is 0 Å². The van der Waals surface area contributed by atoms with E-state index in [0.29, 0.717) is 11.3 Å². The molecule has 0 atom stereocenters. The molecule has 0 saturated carbocycles. The van der Waals surface area contributed by atoms with E-state index in [-0.39, 0.29) is 24.7 Å². The Hall–Kier alpha value is -1.06. The molecular weight excluding hydrogens is 202 g/mol. The molecule has 0 saturated heterocycles. The summed E-state index contributed by atoms with van der Waals surface area (Å²) in [6.07, 6.45) is 0. The molecule has 0 bridgehead atoms. The van der Waals surface area contributed by atoms with Crippen molar-refractivity contribution in [2.45, 2.75) is 6.92 Å². The molecule has 0 aliphatic rings. The van der Waals surface area contributed by atoms with Gasteiger partial charge in [-0.25, -0.2) is 0 Å². The lowest BCUT2D eigenvalue weighted by Crippen LogP contribution is -2.14. The summed E-state index contributed by atoms with van der Waals surface area (Å²) < 4.78 is 5.07. The van der Waals surface area contributed by atoms with E-state index in [4.69, 9.17) is 10.5 Å². The third-order valence-electron chi connectivity index (χ3n) is 1.84. The van der Waals surface area contributed by atoms with Crippen LogP contribution in [0.2, 0.25) is 0 Å². The summed E-state index contributed by atoms with van der Waals surface area (Å²) in [5.74, 6) is 0.493. The van der Waals surface area contributed by atoms with E-state index in [1.165, 1.54) is 0 Å². The quantitative estimate of drug-likeness (QED) is 0.779. The Morgan fingerprint density at radius 1 is 1.50 bits per heavy atom. The standard InChI is InChI=1S/C10H13NO2.ClH/c1-7-3-4-8(9(12)6-11)10(5-7)13-2;/h3-5H,6,11H2,1-2H3;1H. The number of carbonyl (C=O) groups is 1. The molecule has 0 heterocycles. The summed E-state index contributed by atoms with van der Waals surface area (Å²) in [5.41, 5.74) is 6.87. The lowest BCUT2D eigenvalue weighted by Gasteiger charge is -2.06. The van der Waals surface area contributed by atoms with Crippen LogP contribution in [0.3, 0.4) is 0 Å². The fourth-order valence-electron chi connectivity index (χ4n) is 1.14.